The molecule has 0 amide bonds. The first-order valence-electron chi connectivity index (χ1n) is 5.88. The molecule has 0 aromatic heterocycles. The Hall–Kier alpha value is -1.69. The van der Waals surface area contributed by atoms with Crippen LogP contribution in [0.3, 0.4) is 0 Å². The summed E-state index contributed by atoms with van der Waals surface area (Å²) < 4.78 is 10.0. The van der Waals surface area contributed by atoms with Crippen LogP contribution in [0.25, 0.3) is 0 Å². The first-order valence-corrected chi connectivity index (χ1v) is 5.88. The Labute approximate surface area is 111 Å². The molecule has 8 heteroatoms. The third-order valence-electron chi connectivity index (χ3n) is 2.73. The smallest absolute Gasteiger partial charge is 0.371 e. The van der Waals surface area contributed by atoms with E-state index < -0.39 is 23.5 Å². The zero-order valence-electron chi connectivity index (χ0n) is 11.3. The number of nitriles is 1. The standard InChI is InChI=1S/C11H18N4O4/c1-4-17-9(16)8(7-12)14-19-10-11(2,3)15(13)5-6-18-10/h10H,4-6,13H2,1-3H3. The summed E-state index contributed by atoms with van der Waals surface area (Å²) in [7, 11) is 0. The van der Waals surface area contributed by atoms with Gasteiger partial charge in [-0.2, -0.15) is 5.26 Å². The van der Waals surface area contributed by atoms with Crippen molar-refractivity contribution < 1.29 is 19.1 Å². The summed E-state index contributed by atoms with van der Waals surface area (Å²) in [6, 6.07) is 1.61. The maximum absolute atomic E-state index is 11.3. The number of rotatable bonds is 4. The largest absolute Gasteiger partial charge is 0.461 e. The number of carbonyl (C=O) groups excluding carboxylic acids is 1. The summed E-state index contributed by atoms with van der Waals surface area (Å²) in [6.45, 7) is 6.33. The molecule has 2 N–H and O–H groups in total. The second-order valence-electron chi connectivity index (χ2n) is 4.43. The second kappa shape index (κ2) is 6.47. The van der Waals surface area contributed by atoms with E-state index in [4.69, 9.17) is 20.7 Å². The van der Waals surface area contributed by atoms with Crippen LogP contribution in [0.5, 0.6) is 0 Å². The van der Waals surface area contributed by atoms with Gasteiger partial charge in [0.25, 0.3) is 5.71 Å². The molecule has 1 heterocycles. The van der Waals surface area contributed by atoms with Crippen molar-refractivity contribution in [2.45, 2.75) is 32.6 Å². The molecule has 0 radical (unpaired) electrons. The maximum Gasteiger partial charge on any atom is 0.371 e. The lowest BCUT2D eigenvalue weighted by Crippen LogP contribution is -2.62. The van der Waals surface area contributed by atoms with Crippen LogP contribution >= 0.6 is 0 Å². The Balaban J connectivity index is 2.73. The molecule has 1 atom stereocenters. The maximum atomic E-state index is 11.3. The van der Waals surface area contributed by atoms with Gasteiger partial charge in [-0.1, -0.05) is 5.16 Å². The SMILES string of the molecule is CCOC(=O)C(C#N)=NOC1OCCN(N)C1(C)C. The van der Waals surface area contributed by atoms with Gasteiger partial charge in [0, 0.05) is 6.54 Å². The van der Waals surface area contributed by atoms with Crippen LogP contribution in [0.15, 0.2) is 5.16 Å². The van der Waals surface area contributed by atoms with Gasteiger partial charge in [0.15, 0.2) is 0 Å². The summed E-state index contributed by atoms with van der Waals surface area (Å²) in [5.74, 6) is 4.99. The lowest BCUT2D eigenvalue weighted by molar-refractivity contribution is -0.238. The summed E-state index contributed by atoms with van der Waals surface area (Å²) in [5, 5.41) is 13.8. The molecule has 0 spiro atoms. The fraction of sp³-hybridized carbons (Fsp3) is 0.727. The number of hydrogen-bond donors (Lipinski definition) is 1. The van der Waals surface area contributed by atoms with Crippen molar-refractivity contribution in [3.05, 3.63) is 0 Å². The van der Waals surface area contributed by atoms with Gasteiger partial charge in [0.1, 0.15) is 6.07 Å². The van der Waals surface area contributed by atoms with Gasteiger partial charge in [0.05, 0.1) is 18.8 Å². The predicted molar refractivity (Wildman–Crippen MR) is 65.5 cm³/mol. The number of ether oxygens (including phenoxy) is 2. The molecule has 0 bridgehead atoms. The van der Waals surface area contributed by atoms with Gasteiger partial charge >= 0.3 is 5.97 Å². The first kappa shape index (κ1) is 15.4. The highest BCUT2D eigenvalue weighted by Crippen LogP contribution is 2.23. The summed E-state index contributed by atoms with van der Waals surface area (Å²) in [5.41, 5.74) is -1.09. The highest BCUT2D eigenvalue weighted by Gasteiger charge is 2.40. The van der Waals surface area contributed by atoms with Crippen molar-refractivity contribution in [1.29, 1.82) is 5.26 Å². The average molecular weight is 270 g/mol. The molecule has 19 heavy (non-hydrogen) atoms. The number of carbonyl (C=O) groups is 1. The third kappa shape index (κ3) is 3.64. The number of hydrogen-bond acceptors (Lipinski definition) is 8. The lowest BCUT2D eigenvalue weighted by atomic mass is 10.0. The van der Waals surface area contributed by atoms with E-state index in [0.29, 0.717) is 13.2 Å². The lowest BCUT2D eigenvalue weighted by Gasteiger charge is -2.42. The van der Waals surface area contributed by atoms with Crippen molar-refractivity contribution >= 4 is 11.7 Å². The monoisotopic (exact) mass is 270 g/mol. The normalized spacial score (nSPS) is 23.5. The molecule has 1 saturated heterocycles. The summed E-state index contributed by atoms with van der Waals surface area (Å²) >= 11 is 0. The van der Waals surface area contributed by atoms with E-state index in [0.717, 1.165) is 0 Å². The van der Waals surface area contributed by atoms with Gasteiger partial charge < -0.3 is 14.3 Å². The highest BCUT2D eigenvalue weighted by atomic mass is 16.8. The number of morpholine rings is 1. The number of nitrogens with zero attached hydrogens (tertiary/aromatic N) is 3. The van der Waals surface area contributed by atoms with Crippen LogP contribution in [0.2, 0.25) is 0 Å². The molecule has 1 fully saturated rings. The second-order valence-corrected chi connectivity index (χ2v) is 4.43. The third-order valence-corrected chi connectivity index (χ3v) is 2.73. The van der Waals surface area contributed by atoms with Crippen LogP contribution in [-0.2, 0) is 19.1 Å². The van der Waals surface area contributed by atoms with E-state index in [1.807, 2.05) is 13.8 Å². The minimum atomic E-state index is -0.830. The van der Waals surface area contributed by atoms with Gasteiger partial charge in [0.2, 0.25) is 6.29 Å². The Kier molecular flexibility index (Phi) is 5.23. The molecule has 8 nitrogen and oxygen atoms in total. The molecule has 0 aliphatic carbocycles. The van der Waals surface area contributed by atoms with Gasteiger partial charge in [-0.25, -0.2) is 9.80 Å². The Morgan fingerprint density at radius 2 is 2.37 bits per heavy atom. The van der Waals surface area contributed by atoms with Gasteiger partial charge in [-0.15, -0.1) is 0 Å². The van der Waals surface area contributed by atoms with Crippen molar-refractivity contribution in [3.63, 3.8) is 0 Å². The molecule has 106 valence electrons. The first-order chi connectivity index (χ1) is 8.93. The number of nitrogens with two attached hydrogens (primary N) is 1. The molecule has 0 aromatic carbocycles. The van der Waals surface area contributed by atoms with E-state index >= 15 is 0 Å². The quantitative estimate of drug-likeness (QED) is 0.325. The average Bonchev–Trinajstić information content (AvgIpc) is 2.35. The Morgan fingerprint density at radius 1 is 1.68 bits per heavy atom. The van der Waals surface area contributed by atoms with Crippen molar-refractivity contribution in [2.24, 2.45) is 11.0 Å². The van der Waals surface area contributed by atoms with Crippen molar-refractivity contribution in [1.82, 2.24) is 5.01 Å². The zero-order valence-corrected chi connectivity index (χ0v) is 11.3. The molecule has 1 rings (SSSR count). The molecule has 0 saturated carbocycles. The minimum Gasteiger partial charge on any atom is -0.461 e. The summed E-state index contributed by atoms with van der Waals surface area (Å²) in [6.07, 6.45) is -0.774. The van der Waals surface area contributed by atoms with Crippen LogP contribution in [-0.4, -0.2) is 48.3 Å². The van der Waals surface area contributed by atoms with Gasteiger partial charge in [-0.3, -0.25) is 5.84 Å². The minimum absolute atomic E-state index is 0.154. The number of hydrazine groups is 1. The molecule has 1 aliphatic rings. The topological polar surface area (TPSA) is 110 Å². The van der Waals surface area contributed by atoms with Crippen LogP contribution in [0.1, 0.15) is 20.8 Å². The fourth-order valence-electron chi connectivity index (χ4n) is 1.45. The van der Waals surface area contributed by atoms with E-state index in [1.54, 1.807) is 18.0 Å². The van der Waals surface area contributed by atoms with Gasteiger partial charge in [-0.05, 0) is 20.8 Å². The van der Waals surface area contributed by atoms with Crippen molar-refractivity contribution in [2.75, 3.05) is 19.8 Å². The Bertz CT molecular complexity index is 402. The molecular weight excluding hydrogens is 252 g/mol. The van der Waals surface area contributed by atoms with E-state index in [1.165, 1.54) is 0 Å². The van der Waals surface area contributed by atoms with E-state index in [2.05, 4.69) is 9.89 Å². The van der Waals surface area contributed by atoms with E-state index in [9.17, 15) is 4.79 Å². The predicted octanol–water partition coefficient (Wildman–Crippen LogP) is -0.244. The Morgan fingerprint density at radius 3 is 2.95 bits per heavy atom. The molecule has 0 aromatic rings. The van der Waals surface area contributed by atoms with Crippen LogP contribution < -0.4 is 5.84 Å². The fourth-order valence-corrected chi connectivity index (χ4v) is 1.45. The number of esters is 1. The number of oxime groups is 1. The van der Waals surface area contributed by atoms with E-state index in [-0.39, 0.29) is 6.61 Å². The van der Waals surface area contributed by atoms with Crippen molar-refractivity contribution in [3.8, 4) is 6.07 Å². The van der Waals surface area contributed by atoms with Crippen LogP contribution in [0, 0.1) is 11.3 Å². The van der Waals surface area contributed by atoms with Crippen LogP contribution in [0.4, 0.5) is 0 Å². The highest BCUT2D eigenvalue weighted by molar-refractivity contribution is 6.42. The molecule has 1 unspecified atom stereocenters. The molecular formula is C11H18N4O4. The zero-order chi connectivity index (χ0) is 14.5. The summed E-state index contributed by atoms with van der Waals surface area (Å²) in [4.78, 5) is 16.5. The molecule has 1 aliphatic heterocycles.